The fourth-order valence-corrected chi connectivity index (χ4v) is 2.98. The Labute approximate surface area is 167 Å². The van der Waals surface area contributed by atoms with Gasteiger partial charge in [-0.3, -0.25) is 4.79 Å². The minimum Gasteiger partial charge on any atom is -0.463 e. The Balaban J connectivity index is 1.66. The van der Waals surface area contributed by atoms with Gasteiger partial charge in [-0.2, -0.15) is 13.2 Å². The molecule has 0 saturated heterocycles. The lowest BCUT2D eigenvalue weighted by molar-refractivity contribution is -0.141. The van der Waals surface area contributed by atoms with E-state index in [2.05, 4.69) is 15.3 Å². The molecule has 3 aromatic rings. The predicted molar refractivity (Wildman–Crippen MR) is 98.8 cm³/mol. The van der Waals surface area contributed by atoms with Crippen molar-refractivity contribution in [1.29, 1.82) is 0 Å². The average Bonchev–Trinajstić information content (AvgIpc) is 3.20. The third kappa shape index (κ3) is 5.49. The van der Waals surface area contributed by atoms with Gasteiger partial charge in [0.1, 0.15) is 11.4 Å². The molecule has 1 N–H and O–H groups in total. The van der Waals surface area contributed by atoms with E-state index in [1.54, 1.807) is 30.3 Å². The first-order valence-corrected chi connectivity index (χ1v) is 9.32. The van der Waals surface area contributed by atoms with Crippen molar-refractivity contribution in [2.75, 3.05) is 5.75 Å². The molecule has 0 aliphatic heterocycles. The quantitative estimate of drug-likeness (QED) is 0.451. The summed E-state index contributed by atoms with van der Waals surface area (Å²) in [7, 11) is 0. The molecule has 3 rings (SSSR count). The van der Waals surface area contributed by atoms with E-state index < -0.39 is 11.9 Å². The van der Waals surface area contributed by atoms with Gasteiger partial charge < -0.3 is 9.73 Å². The highest BCUT2D eigenvalue weighted by molar-refractivity contribution is 7.99. The SMILES string of the molecule is O=C(CSc1nc(-c2ccco2)cc(C(F)(F)F)n1)NCc1ccc(Cl)cc1. The summed E-state index contributed by atoms with van der Waals surface area (Å²) < 4.78 is 44.4. The Kier molecular flexibility index (Phi) is 6.25. The van der Waals surface area contributed by atoms with E-state index in [9.17, 15) is 18.0 Å². The Morgan fingerprint density at radius 1 is 1.18 bits per heavy atom. The van der Waals surface area contributed by atoms with E-state index >= 15 is 0 Å². The zero-order chi connectivity index (χ0) is 20.1. The highest BCUT2D eigenvalue weighted by Gasteiger charge is 2.34. The first-order chi connectivity index (χ1) is 13.3. The molecule has 0 aliphatic rings. The van der Waals surface area contributed by atoms with E-state index in [-0.39, 0.29) is 34.8 Å². The van der Waals surface area contributed by atoms with Crippen molar-refractivity contribution in [3.05, 3.63) is 65.0 Å². The van der Waals surface area contributed by atoms with Crippen molar-refractivity contribution in [2.24, 2.45) is 0 Å². The van der Waals surface area contributed by atoms with Crippen LogP contribution >= 0.6 is 23.4 Å². The minimum atomic E-state index is -4.64. The lowest BCUT2D eigenvalue weighted by Gasteiger charge is -2.09. The number of furan rings is 1. The molecule has 0 spiro atoms. The van der Waals surface area contributed by atoms with Gasteiger partial charge >= 0.3 is 6.18 Å². The van der Waals surface area contributed by atoms with E-state index in [1.165, 1.54) is 12.3 Å². The molecular formula is C18H13ClF3N3O2S. The van der Waals surface area contributed by atoms with Gasteiger partial charge in [-0.15, -0.1) is 0 Å². The van der Waals surface area contributed by atoms with Crippen molar-refractivity contribution in [2.45, 2.75) is 17.9 Å². The van der Waals surface area contributed by atoms with E-state index in [4.69, 9.17) is 16.0 Å². The molecule has 0 radical (unpaired) electrons. The van der Waals surface area contributed by atoms with Crippen LogP contribution in [0.25, 0.3) is 11.5 Å². The second kappa shape index (κ2) is 8.66. The number of benzene rings is 1. The van der Waals surface area contributed by atoms with Gasteiger partial charge in [0.2, 0.25) is 5.91 Å². The van der Waals surface area contributed by atoms with Crippen molar-refractivity contribution < 1.29 is 22.4 Å². The lowest BCUT2D eigenvalue weighted by atomic mass is 10.2. The smallest absolute Gasteiger partial charge is 0.433 e. The Morgan fingerprint density at radius 2 is 1.93 bits per heavy atom. The molecule has 0 saturated carbocycles. The number of carbonyl (C=O) groups is 1. The summed E-state index contributed by atoms with van der Waals surface area (Å²) in [6, 6.07) is 10.8. The molecule has 0 unspecified atom stereocenters. The summed E-state index contributed by atoms with van der Waals surface area (Å²) in [5, 5.41) is 3.10. The highest BCUT2D eigenvalue weighted by Crippen LogP contribution is 2.32. The molecular weight excluding hydrogens is 415 g/mol. The van der Waals surface area contributed by atoms with Crippen molar-refractivity contribution >= 4 is 29.3 Å². The van der Waals surface area contributed by atoms with Gasteiger partial charge in [0.15, 0.2) is 10.9 Å². The Bertz CT molecular complexity index is 948. The van der Waals surface area contributed by atoms with Crippen LogP contribution in [0.2, 0.25) is 5.02 Å². The van der Waals surface area contributed by atoms with Crippen LogP contribution in [-0.2, 0) is 17.5 Å². The second-order valence-electron chi connectivity index (χ2n) is 5.59. The molecule has 10 heteroatoms. The van der Waals surface area contributed by atoms with Gasteiger partial charge in [0.25, 0.3) is 0 Å². The molecule has 0 atom stereocenters. The van der Waals surface area contributed by atoms with Crippen molar-refractivity contribution in [3.63, 3.8) is 0 Å². The number of nitrogens with zero attached hydrogens (tertiary/aromatic N) is 2. The number of hydrogen-bond acceptors (Lipinski definition) is 5. The van der Waals surface area contributed by atoms with Crippen molar-refractivity contribution in [1.82, 2.24) is 15.3 Å². The normalized spacial score (nSPS) is 11.4. The van der Waals surface area contributed by atoms with Crippen LogP contribution in [0.5, 0.6) is 0 Å². The van der Waals surface area contributed by atoms with Gasteiger partial charge in [-0.25, -0.2) is 9.97 Å². The van der Waals surface area contributed by atoms with Crippen LogP contribution in [0.15, 0.2) is 58.3 Å². The van der Waals surface area contributed by atoms with Crippen LogP contribution in [0, 0.1) is 0 Å². The Morgan fingerprint density at radius 3 is 2.57 bits per heavy atom. The number of thioether (sulfide) groups is 1. The number of carbonyl (C=O) groups excluding carboxylic acids is 1. The maximum Gasteiger partial charge on any atom is 0.433 e. The molecule has 146 valence electrons. The number of alkyl halides is 3. The number of rotatable bonds is 6. The topological polar surface area (TPSA) is 68.0 Å². The molecule has 1 amide bonds. The Hall–Kier alpha value is -2.52. The van der Waals surface area contributed by atoms with Crippen LogP contribution in [0.3, 0.4) is 0 Å². The molecule has 28 heavy (non-hydrogen) atoms. The van der Waals surface area contributed by atoms with Gasteiger partial charge in [-0.1, -0.05) is 35.5 Å². The summed E-state index contributed by atoms with van der Waals surface area (Å²) in [4.78, 5) is 19.6. The van der Waals surface area contributed by atoms with Crippen LogP contribution < -0.4 is 5.32 Å². The number of amides is 1. The number of nitrogens with one attached hydrogen (secondary N) is 1. The zero-order valence-electron chi connectivity index (χ0n) is 14.2. The maximum atomic E-state index is 13.1. The van der Waals surface area contributed by atoms with E-state index in [0.717, 1.165) is 23.4 Å². The molecule has 2 aromatic heterocycles. The third-order valence-corrected chi connectivity index (χ3v) is 4.60. The number of aromatic nitrogens is 2. The minimum absolute atomic E-state index is 0.00334. The molecule has 0 fully saturated rings. The lowest BCUT2D eigenvalue weighted by Crippen LogP contribution is -2.24. The molecule has 5 nitrogen and oxygen atoms in total. The second-order valence-corrected chi connectivity index (χ2v) is 6.97. The van der Waals surface area contributed by atoms with Gasteiger partial charge in [0.05, 0.1) is 12.0 Å². The fourth-order valence-electron chi connectivity index (χ4n) is 2.17. The maximum absolute atomic E-state index is 13.1. The summed E-state index contributed by atoms with van der Waals surface area (Å²) >= 11 is 6.61. The first kappa shape index (κ1) is 20.2. The molecule has 2 heterocycles. The summed E-state index contributed by atoms with van der Waals surface area (Å²) in [5.41, 5.74) is -0.257. The molecule has 0 bridgehead atoms. The third-order valence-electron chi connectivity index (χ3n) is 3.50. The number of hydrogen-bond donors (Lipinski definition) is 1. The predicted octanol–water partition coefficient (Wildman–Crippen LogP) is 4.82. The monoisotopic (exact) mass is 427 g/mol. The highest BCUT2D eigenvalue weighted by atomic mass is 35.5. The van der Waals surface area contributed by atoms with Crippen LogP contribution in [0.1, 0.15) is 11.3 Å². The standard InChI is InChI=1S/C18H13ClF3N3O2S/c19-12-5-3-11(4-6-12)9-23-16(26)10-28-17-24-13(14-2-1-7-27-14)8-15(25-17)18(20,21)22/h1-8H,9-10H2,(H,23,26). The molecule has 0 aliphatic carbocycles. The van der Waals surface area contributed by atoms with Gasteiger partial charge in [0, 0.05) is 11.6 Å². The van der Waals surface area contributed by atoms with Crippen LogP contribution in [-0.4, -0.2) is 21.6 Å². The first-order valence-electron chi connectivity index (χ1n) is 7.95. The van der Waals surface area contributed by atoms with E-state index in [0.29, 0.717) is 5.02 Å². The summed E-state index contributed by atoms with van der Waals surface area (Å²) in [6.45, 7) is 0.275. The van der Waals surface area contributed by atoms with Crippen molar-refractivity contribution in [3.8, 4) is 11.5 Å². The largest absolute Gasteiger partial charge is 0.463 e. The summed E-state index contributed by atoms with van der Waals surface area (Å²) in [6.07, 6.45) is -3.31. The van der Waals surface area contributed by atoms with Crippen LogP contribution in [0.4, 0.5) is 13.2 Å². The fraction of sp³-hybridized carbons (Fsp3) is 0.167. The zero-order valence-corrected chi connectivity index (χ0v) is 15.7. The van der Waals surface area contributed by atoms with Gasteiger partial charge in [-0.05, 0) is 35.9 Å². The average molecular weight is 428 g/mol. The summed E-state index contributed by atoms with van der Waals surface area (Å²) in [5.74, 6) is -0.311. The molecule has 1 aromatic carbocycles. The van der Waals surface area contributed by atoms with E-state index in [1.807, 2.05) is 0 Å². The number of halogens is 4.